The third-order valence-corrected chi connectivity index (χ3v) is 9.55. The molecule has 0 rings (SSSR count). The number of nitrogens with zero attached hydrogens (tertiary/aromatic N) is 1. The van der Waals surface area contributed by atoms with E-state index in [2.05, 4.69) is 98.9 Å². The average Bonchev–Trinajstić information content (AvgIpc) is 3.17. The van der Waals surface area contributed by atoms with Crippen LogP contribution in [0.1, 0.15) is 142 Å². The molecule has 0 aromatic heterocycles. The molecule has 9 nitrogen and oxygen atoms in total. The number of quaternary nitrogens is 1. The predicted molar refractivity (Wildman–Crippen MR) is 240 cm³/mol. The lowest BCUT2D eigenvalue weighted by molar-refractivity contribution is -0.870. The van der Waals surface area contributed by atoms with Gasteiger partial charge in [-0.2, -0.15) is 0 Å². The van der Waals surface area contributed by atoms with Gasteiger partial charge in [-0.25, -0.2) is 0 Å². The molecule has 0 radical (unpaired) electrons. The number of phosphoric acid groups is 1. The number of hydrogen-bond donors (Lipinski definition) is 0. The fourth-order valence-electron chi connectivity index (χ4n) is 5.11. The van der Waals surface area contributed by atoms with E-state index in [4.69, 9.17) is 18.5 Å². The van der Waals surface area contributed by atoms with Gasteiger partial charge < -0.3 is 27.9 Å². The number of carbonyl (C=O) groups excluding carboxylic acids is 2. The van der Waals surface area contributed by atoms with E-state index in [9.17, 15) is 19.0 Å². The minimum absolute atomic E-state index is 0.0546. The summed E-state index contributed by atoms with van der Waals surface area (Å²) >= 11 is 0. The molecule has 58 heavy (non-hydrogen) atoms. The molecule has 0 N–H and O–H groups in total. The third kappa shape index (κ3) is 42.5. The lowest BCUT2D eigenvalue weighted by Crippen LogP contribution is -2.37. The molecule has 0 aromatic rings. The van der Waals surface area contributed by atoms with Crippen molar-refractivity contribution in [3.63, 3.8) is 0 Å². The van der Waals surface area contributed by atoms with E-state index in [1.54, 1.807) is 0 Å². The maximum atomic E-state index is 12.6. The van der Waals surface area contributed by atoms with Crippen molar-refractivity contribution in [1.29, 1.82) is 0 Å². The Kier molecular flexibility index (Phi) is 37.3. The lowest BCUT2D eigenvalue weighted by atomic mass is 10.1. The number of allylic oxidation sites excluding steroid dienone is 16. The van der Waals surface area contributed by atoms with Gasteiger partial charge in [-0.3, -0.25) is 14.2 Å². The monoisotopic (exact) mass is 830 g/mol. The first-order chi connectivity index (χ1) is 28.0. The van der Waals surface area contributed by atoms with Crippen LogP contribution in [0.5, 0.6) is 0 Å². The summed E-state index contributed by atoms with van der Waals surface area (Å²) in [5.74, 6) is -0.987. The molecule has 0 aliphatic heterocycles. The SMILES string of the molecule is CCCCC/C=C\C/C=C\C/C=C\C/C=C\C/C=C\CCC(=O)OC[C@H](COP(=O)([O-])OCC[N+](C)(C)C)OC(=O)CCCC/C=C\C/C=C\C/C=C\CCCCC. The maximum Gasteiger partial charge on any atom is 0.306 e. The first kappa shape index (κ1) is 54.9. The van der Waals surface area contributed by atoms with E-state index in [0.29, 0.717) is 23.9 Å². The Morgan fingerprint density at radius 1 is 0.534 bits per heavy atom. The van der Waals surface area contributed by atoms with E-state index in [1.807, 2.05) is 33.3 Å². The third-order valence-electron chi connectivity index (χ3n) is 8.59. The summed E-state index contributed by atoms with van der Waals surface area (Å²) in [6.07, 6.45) is 51.7. The maximum absolute atomic E-state index is 12.6. The molecule has 330 valence electrons. The zero-order chi connectivity index (χ0) is 42.8. The van der Waals surface area contributed by atoms with Crippen molar-refractivity contribution in [2.45, 2.75) is 148 Å². The number of phosphoric ester groups is 1. The molecule has 0 saturated heterocycles. The second kappa shape index (κ2) is 39.4. The van der Waals surface area contributed by atoms with Crippen LogP contribution in [0.4, 0.5) is 0 Å². The largest absolute Gasteiger partial charge is 0.756 e. The highest BCUT2D eigenvalue weighted by Crippen LogP contribution is 2.38. The molecule has 0 heterocycles. The van der Waals surface area contributed by atoms with Crippen molar-refractivity contribution >= 4 is 19.8 Å². The molecule has 0 saturated carbocycles. The first-order valence-electron chi connectivity index (χ1n) is 21.9. The van der Waals surface area contributed by atoms with Crippen LogP contribution in [0, 0.1) is 0 Å². The van der Waals surface area contributed by atoms with E-state index >= 15 is 0 Å². The first-order valence-corrected chi connectivity index (χ1v) is 23.4. The Morgan fingerprint density at radius 2 is 0.948 bits per heavy atom. The highest BCUT2D eigenvalue weighted by atomic mass is 31.2. The van der Waals surface area contributed by atoms with Gasteiger partial charge in [0.05, 0.1) is 27.7 Å². The number of unbranched alkanes of at least 4 members (excludes halogenated alkanes) is 8. The summed E-state index contributed by atoms with van der Waals surface area (Å²) < 4.78 is 33.7. The van der Waals surface area contributed by atoms with E-state index in [1.165, 1.54) is 44.9 Å². The summed E-state index contributed by atoms with van der Waals surface area (Å²) in [6.45, 7) is 4.01. The van der Waals surface area contributed by atoms with Gasteiger partial charge in [0, 0.05) is 12.8 Å². The van der Waals surface area contributed by atoms with Gasteiger partial charge in [0.25, 0.3) is 7.82 Å². The molecule has 2 atom stereocenters. The Labute approximate surface area is 353 Å². The van der Waals surface area contributed by atoms with Crippen molar-refractivity contribution in [3.05, 3.63) is 97.2 Å². The molecule has 0 aromatic carbocycles. The van der Waals surface area contributed by atoms with Crippen molar-refractivity contribution in [2.24, 2.45) is 0 Å². The fraction of sp³-hybridized carbons (Fsp3) is 0.625. The summed E-state index contributed by atoms with van der Waals surface area (Å²) in [5.41, 5.74) is 0. The van der Waals surface area contributed by atoms with Gasteiger partial charge in [0.15, 0.2) is 6.10 Å². The molecule has 1 unspecified atom stereocenters. The fourth-order valence-corrected chi connectivity index (χ4v) is 5.84. The highest BCUT2D eigenvalue weighted by molar-refractivity contribution is 7.45. The molecule has 0 spiro atoms. The summed E-state index contributed by atoms with van der Waals surface area (Å²) in [6, 6.07) is 0. The van der Waals surface area contributed by atoms with Crippen LogP contribution in [0.15, 0.2) is 97.2 Å². The second-order valence-electron chi connectivity index (χ2n) is 15.3. The van der Waals surface area contributed by atoms with Gasteiger partial charge in [0.1, 0.15) is 19.8 Å². The molecule has 0 amide bonds. The Balaban J connectivity index is 4.57. The Morgan fingerprint density at radius 3 is 1.38 bits per heavy atom. The Hall–Kier alpha value is -3.07. The topological polar surface area (TPSA) is 111 Å². The Bertz CT molecular complexity index is 1300. The van der Waals surface area contributed by atoms with Crippen LogP contribution < -0.4 is 4.89 Å². The highest BCUT2D eigenvalue weighted by Gasteiger charge is 2.21. The minimum Gasteiger partial charge on any atom is -0.756 e. The van der Waals surface area contributed by atoms with Crippen LogP contribution in [-0.2, 0) is 32.7 Å². The van der Waals surface area contributed by atoms with Gasteiger partial charge in [-0.15, -0.1) is 0 Å². The molecule has 0 aliphatic rings. The lowest BCUT2D eigenvalue weighted by Gasteiger charge is -2.28. The smallest absolute Gasteiger partial charge is 0.306 e. The predicted octanol–water partition coefficient (Wildman–Crippen LogP) is 11.9. The van der Waals surface area contributed by atoms with Gasteiger partial charge in [-0.1, -0.05) is 137 Å². The van der Waals surface area contributed by atoms with Gasteiger partial charge >= 0.3 is 11.9 Å². The van der Waals surface area contributed by atoms with E-state index in [-0.39, 0.29) is 26.1 Å². The van der Waals surface area contributed by atoms with Gasteiger partial charge in [-0.05, 0) is 89.9 Å². The normalized spacial score (nSPS) is 14.5. The van der Waals surface area contributed by atoms with E-state index < -0.39 is 32.5 Å². The van der Waals surface area contributed by atoms with Crippen LogP contribution in [-0.4, -0.2) is 70.0 Å². The van der Waals surface area contributed by atoms with Crippen LogP contribution >= 0.6 is 7.82 Å². The van der Waals surface area contributed by atoms with Crippen molar-refractivity contribution in [1.82, 2.24) is 0 Å². The molecule has 10 heteroatoms. The number of esters is 2. The standard InChI is InChI=1S/C48H80NO8P/c1-6-8-10-12-14-16-18-20-22-23-24-25-27-28-30-32-34-36-38-40-47(50)54-44-46(45-56-58(52,53)55-43-42-49(3,4)5)57-48(51)41-39-37-35-33-31-29-26-21-19-17-15-13-11-9-7-2/h14-17,20-22,24-26,28,30-31,33-34,36,46H,6-13,18-19,23,27,29,32,35,37-45H2,1-5H3/b16-14-,17-15-,22-20-,25-24-,26-21-,30-28-,33-31-,36-34-/t46-/m1/s1. The average molecular weight is 830 g/mol. The molecular formula is C48H80NO8P. The van der Waals surface area contributed by atoms with Crippen LogP contribution in [0.25, 0.3) is 0 Å². The quantitative estimate of drug-likeness (QED) is 0.0199. The number of likely N-dealkylation sites (N-methyl/N-ethyl adjacent to an activating group) is 1. The number of rotatable bonds is 38. The number of carbonyl (C=O) groups is 2. The van der Waals surface area contributed by atoms with Crippen LogP contribution in [0.3, 0.4) is 0 Å². The van der Waals surface area contributed by atoms with Crippen molar-refractivity contribution in [2.75, 3.05) is 47.5 Å². The molecule has 0 aliphatic carbocycles. The minimum atomic E-state index is -4.66. The van der Waals surface area contributed by atoms with Crippen molar-refractivity contribution < 1.29 is 42.1 Å². The zero-order valence-corrected chi connectivity index (χ0v) is 37.8. The number of hydrogen-bond acceptors (Lipinski definition) is 8. The van der Waals surface area contributed by atoms with Crippen LogP contribution in [0.2, 0.25) is 0 Å². The van der Waals surface area contributed by atoms with Gasteiger partial charge in [0.2, 0.25) is 0 Å². The molecule has 0 bridgehead atoms. The zero-order valence-electron chi connectivity index (χ0n) is 36.9. The summed E-state index contributed by atoms with van der Waals surface area (Å²) in [5, 5.41) is 0. The molecular weight excluding hydrogens is 750 g/mol. The second-order valence-corrected chi connectivity index (χ2v) is 16.8. The van der Waals surface area contributed by atoms with Crippen molar-refractivity contribution in [3.8, 4) is 0 Å². The number of ether oxygens (including phenoxy) is 2. The summed E-state index contributed by atoms with van der Waals surface area (Å²) in [7, 11) is 1.08. The summed E-state index contributed by atoms with van der Waals surface area (Å²) in [4.78, 5) is 37.5. The molecule has 0 fully saturated rings. The van der Waals surface area contributed by atoms with E-state index in [0.717, 1.165) is 57.8 Å².